The normalized spacial score (nSPS) is 29.1. The van der Waals surface area contributed by atoms with Crippen molar-refractivity contribution in [1.29, 1.82) is 0 Å². The van der Waals surface area contributed by atoms with Crippen LogP contribution in [0.5, 0.6) is 0 Å². The lowest BCUT2D eigenvalue weighted by molar-refractivity contribution is -0.0496. The van der Waals surface area contributed by atoms with Crippen molar-refractivity contribution < 1.29 is 9.13 Å². The third-order valence-corrected chi connectivity index (χ3v) is 12.7. The summed E-state index contributed by atoms with van der Waals surface area (Å²) in [6, 6.07) is 0. The van der Waals surface area contributed by atoms with Gasteiger partial charge in [0, 0.05) is 0 Å². The monoisotopic (exact) mass is 637 g/mol. The Morgan fingerprint density at radius 2 is 0.822 bits per heavy atom. The third kappa shape index (κ3) is 17.8. The summed E-state index contributed by atoms with van der Waals surface area (Å²) >= 11 is 0. The summed E-state index contributed by atoms with van der Waals surface area (Å²) in [5.74, 6) is 9.55. The Bertz CT molecular complexity index is 615. The van der Waals surface area contributed by atoms with E-state index in [1.165, 1.54) is 38.5 Å². The molecule has 0 aromatic carbocycles. The molecule has 45 heavy (non-hydrogen) atoms. The fraction of sp³-hybridized carbons (Fsp3) is 1.00. The van der Waals surface area contributed by atoms with Gasteiger partial charge in [-0.2, -0.15) is 0 Å². The maximum Gasteiger partial charge on any atom is 0.142 e. The maximum absolute atomic E-state index is 14.1. The van der Waals surface area contributed by atoms with Crippen LogP contribution in [0.25, 0.3) is 0 Å². The Labute approximate surface area is 286 Å². The minimum absolute atomic E-state index is 0.195. The molecule has 1 nitrogen and oxygen atoms in total. The zero-order valence-electron chi connectivity index (χ0n) is 34.1. The first kappa shape index (κ1) is 45.0. The van der Waals surface area contributed by atoms with Gasteiger partial charge in [-0.05, 0) is 123 Å². The van der Waals surface area contributed by atoms with E-state index in [1.807, 2.05) is 13.8 Å². The molecule has 2 saturated carbocycles. The quantitative estimate of drug-likeness (QED) is 0.241. The van der Waals surface area contributed by atoms with Crippen LogP contribution in [0.2, 0.25) is 18.5 Å². The maximum atomic E-state index is 14.1. The molecule has 0 bridgehead atoms. The lowest BCUT2D eigenvalue weighted by atomic mass is 9.37. The van der Waals surface area contributed by atoms with Crippen LogP contribution in [-0.2, 0) is 4.74 Å². The van der Waals surface area contributed by atoms with Crippen LogP contribution in [-0.4, -0.2) is 25.1 Å². The molecule has 0 aromatic rings. The second-order valence-corrected chi connectivity index (χ2v) is 18.5. The summed E-state index contributed by atoms with van der Waals surface area (Å²) in [6.45, 7) is 40.4. The first-order valence-electron chi connectivity index (χ1n) is 20.0. The molecule has 2 aliphatic carbocycles. The average Bonchev–Trinajstić information content (AvgIpc) is 2.97. The molecular weight excluding hydrogens is 550 g/mol. The molecule has 0 spiro atoms. The SMILES string of the molecule is CB(C(C)C)C(C)C.CC(C)C1CCC(C(C)C)CC1.CC(C)C1CCC(C(C)C)OC1.CC(C)C1CCC(F)(C(C)C)CC1. The van der Waals surface area contributed by atoms with Gasteiger partial charge in [-0.25, -0.2) is 4.39 Å². The van der Waals surface area contributed by atoms with E-state index < -0.39 is 5.67 Å². The van der Waals surface area contributed by atoms with Crippen LogP contribution < -0.4 is 0 Å². The van der Waals surface area contributed by atoms with E-state index in [9.17, 15) is 4.39 Å². The Morgan fingerprint density at radius 3 is 1.04 bits per heavy atom. The van der Waals surface area contributed by atoms with Crippen molar-refractivity contribution in [3.63, 3.8) is 0 Å². The van der Waals surface area contributed by atoms with Crippen LogP contribution in [0.1, 0.15) is 175 Å². The highest BCUT2D eigenvalue weighted by Crippen LogP contribution is 2.42. The molecule has 2 atom stereocenters. The molecule has 1 aliphatic heterocycles. The van der Waals surface area contributed by atoms with Crippen molar-refractivity contribution in [3.05, 3.63) is 0 Å². The Morgan fingerprint density at radius 1 is 0.489 bits per heavy atom. The largest absolute Gasteiger partial charge is 0.378 e. The molecule has 0 N–H and O–H groups in total. The molecule has 2 unspecified atom stereocenters. The number of alkyl halides is 1. The zero-order valence-corrected chi connectivity index (χ0v) is 34.1. The second-order valence-electron chi connectivity index (χ2n) is 18.5. The van der Waals surface area contributed by atoms with E-state index in [4.69, 9.17) is 4.74 Å². The fourth-order valence-electron chi connectivity index (χ4n) is 7.46. The highest BCUT2D eigenvalue weighted by atomic mass is 19.1. The number of halogens is 1. The highest BCUT2D eigenvalue weighted by molar-refractivity contribution is 6.60. The third-order valence-electron chi connectivity index (χ3n) is 12.7. The van der Waals surface area contributed by atoms with Crippen molar-refractivity contribution in [2.24, 2.45) is 59.2 Å². The number of rotatable bonds is 8. The van der Waals surface area contributed by atoms with Gasteiger partial charge in [0.15, 0.2) is 0 Å². The predicted molar refractivity (Wildman–Crippen MR) is 205 cm³/mol. The lowest BCUT2D eigenvalue weighted by Gasteiger charge is -2.38. The Hall–Kier alpha value is -0.0451. The molecule has 1 saturated heterocycles. The number of hydrogen-bond donors (Lipinski definition) is 0. The van der Waals surface area contributed by atoms with E-state index in [0.29, 0.717) is 12.0 Å². The summed E-state index contributed by atoms with van der Waals surface area (Å²) < 4.78 is 19.9. The molecule has 3 rings (SSSR count). The molecular formula is C42H86BFO. The minimum atomic E-state index is -0.856. The van der Waals surface area contributed by atoms with Gasteiger partial charge in [0.25, 0.3) is 0 Å². The van der Waals surface area contributed by atoms with Gasteiger partial charge < -0.3 is 4.74 Å². The van der Waals surface area contributed by atoms with E-state index in [1.54, 1.807) is 0 Å². The number of ether oxygens (including phenoxy) is 1. The van der Waals surface area contributed by atoms with E-state index in [-0.39, 0.29) is 5.92 Å². The van der Waals surface area contributed by atoms with Gasteiger partial charge in [0.05, 0.1) is 12.7 Å². The topological polar surface area (TPSA) is 9.23 Å². The Kier molecular flexibility index (Phi) is 22.5. The van der Waals surface area contributed by atoms with Gasteiger partial charge in [-0.3, -0.25) is 0 Å². The summed E-state index contributed by atoms with van der Waals surface area (Å²) in [5, 5.41) is 0. The van der Waals surface area contributed by atoms with Crippen LogP contribution >= 0.6 is 0 Å². The molecule has 3 aliphatic rings. The fourth-order valence-corrected chi connectivity index (χ4v) is 7.46. The number of hydrogen-bond acceptors (Lipinski definition) is 1. The minimum Gasteiger partial charge on any atom is -0.378 e. The predicted octanol–water partition coefficient (Wildman–Crippen LogP) is 14.3. The molecule has 3 fully saturated rings. The van der Waals surface area contributed by atoms with Crippen LogP contribution in [0.4, 0.5) is 4.39 Å². The van der Waals surface area contributed by atoms with Crippen LogP contribution in [0.3, 0.4) is 0 Å². The molecule has 3 heteroatoms. The summed E-state index contributed by atoms with van der Waals surface area (Å²) in [6.07, 6.45) is 12.8. The molecule has 270 valence electrons. The summed E-state index contributed by atoms with van der Waals surface area (Å²) in [4.78, 5) is 0. The molecule has 0 radical (unpaired) electrons. The molecule has 0 amide bonds. The van der Waals surface area contributed by atoms with E-state index in [2.05, 4.69) is 104 Å². The second kappa shape index (κ2) is 22.6. The van der Waals surface area contributed by atoms with Crippen LogP contribution in [0, 0.1) is 59.2 Å². The van der Waals surface area contributed by atoms with E-state index in [0.717, 1.165) is 98.0 Å². The van der Waals surface area contributed by atoms with Crippen molar-refractivity contribution in [1.82, 2.24) is 0 Å². The van der Waals surface area contributed by atoms with E-state index >= 15 is 0 Å². The summed E-state index contributed by atoms with van der Waals surface area (Å²) in [7, 11) is 0. The smallest absolute Gasteiger partial charge is 0.142 e. The molecule has 0 aromatic heterocycles. The van der Waals surface area contributed by atoms with Crippen molar-refractivity contribution in [2.45, 2.75) is 205 Å². The van der Waals surface area contributed by atoms with Gasteiger partial charge in [-0.15, -0.1) is 0 Å². The van der Waals surface area contributed by atoms with Crippen LogP contribution in [0.15, 0.2) is 0 Å². The zero-order chi connectivity index (χ0) is 35.1. The Balaban J connectivity index is 0.000000582. The standard InChI is InChI=1S/C12H23F.C12H24.C11H22O.C7H17B/c1-9(2)11-5-7-12(13,8-6-11)10(3)4;1-9(2)11-5-7-12(8-6-11)10(3)4;1-8(2)10-5-6-11(9(3)4)12-7-10;1-6(2)8(5)7(3)4/h9-11H,5-8H2,1-4H3;9-12H,5-8H2,1-4H3;8-11H,5-7H2,1-4H3;6-7H,1-5H3. The van der Waals surface area contributed by atoms with Gasteiger partial charge in [0.2, 0.25) is 0 Å². The van der Waals surface area contributed by atoms with Crippen molar-refractivity contribution in [3.8, 4) is 0 Å². The van der Waals surface area contributed by atoms with Gasteiger partial charge in [-0.1, -0.05) is 129 Å². The summed E-state index contributed by atoms with van der Waals surface area (Å²) in [5.41, 5.74) is -0.856. The van der Waals surface area contributed by atoms with Gasteiger partial charge in [0.1, 0.15) is 12.4 Å². The molecule has 1 heterocycles. The lowest BCUT2D eigenvalue weighted by Crippen LogP contribution is -2.35. The van der Waals surface area contributed by atoms with Gasteiger partial charge >= 0.3 is 0 Å². The van der Waals surface area contributed by atoms with Crippen molar-refractivity contribution >= 4 is 6.71 Å². The van der Waals surface area contributed by atoms with Crippen molar-refractivity contribution in [2.75, 3.05) is 6.61 Å². The first-order chi connectivity index (χ1) is 20.7. The first-order valence-corrected chi connectivity index (χ1v) is 20.0. The average molecular weight is 637 g/mol. The highest BCUT2D eigenvalue weighted by Gasteiger charge is 2.38.